The Kier molecular flexibility index (Phi) is 5.90. The number of carbonyl (C=O) groups excluding carboxylic acids is 1. The number of nitrogens with zero attached hydrogens (tertiary/aromatic N) is 3. The first-order valence-corrected chi connectivity index (χ1v) is 11.4. The topological polar surface area (TPSA) is 71.3 Å². The summed E-state index contributed by atoms with van der Waals surface area (Å²) in [5.41, 5.74) is 5.41. The predicted octanol–water partition coefficient (Wildman–Crippen LogP) is 6.40. The van der Waals surface area contributed by atoms with Gasteiger partial charge in [0.05, 0.1) is 18.2 Å². The van der Waals surface area contributed by atoms with Gasteiger partial charge in [-0.05, 0) is 43.2 Å². The van der Waals surface area contributed by atoms with Gasteiger partial charge in [-0.15, -0.1) is 0 Å². The minimum Gasteiger partial charge on any atom is -0.334 e. The van der Waals surface area contributed by atoms with Crippen molar-refractivity contribution in [3.63, 3.8) is 0 Å². The van der Waals surface area contributed by atoms with E-state index in [0.717, 1.165) is 33.5 Å². The molecular weight excluding hydrogens is 448 g/mol. The largest absolute Gasteiger partial charge is 0.334 e. The standard InChI is InChI=1S/C27H23ClN4O2/c1-17-7-6-10-21(15-17)25-30-26(34-31-25)23-18(2)32(16-19-11-13-22(28)14-12-19)27(33)29-24(23)20-8-4-3-5-9-20/h3-15,24H,16H2,1-2H3,(H,29,33). The van der Waals surface area contributed by atoms with E-state index in [2.05, 4.69) is 10.5 Å². The molecule has 7 heteroatoms. The molecule has 6 nitrogen and oxygen atoms in total. The second-order valence-corrected chi connectivity index (χ2v) is 8.73. The molecule has 0 saturated heterocycles. The van der Waals surface area contributed by atoms with Gasteiger partial charge < -0.3 is 9.84 Å². The zero-order valence-corrected chi connectivity index (χ0v) is 19.6. The summed E-state index contributed by atoms with van der Waals surface area (Å²) in [6, 6.07) is 24.6. The van der Waals surface area contributed by atoms with Crippen LogP contribution < -0.4 is 5.32 Å². The van der Waals surface area contributed by atoms with Gasteiger partial charge in [0.15, 0.2) is 0 Å². The van der Waals surface area contributed by atoms with Gasteiger partial charge in [-0.25, -0.2) is 4.79 Å². The van der Waals surface area contributed by atoms with Crippen molar-refractivity contribution >= 4 is 23.2 Å². The van der Waals surface area contributed by atoms with Crippen LogP contribution in [0.1, 0.15) is 35.5 Å². The van der Waals surface area contributed by atoms with E-state index in [0.29, 0.717) is 23.3 Å². The molecule has 2 amide bonds. The molecule has 1 aromatic heterocycles. The lowest BCUT2D eigenvalue weighted by Gasteiger charge is -2.35. The van der Waals surface area contributed by atoms with Crippen molar-refractivity contribution < 1.29 is 9.32 Å². The minimum atomic E-state index is -0.416. The third-order valence-electron chi connectivity index (χ3n) is 5.92. The first-order valence-electron chi connectivity index (χ1n) is 11.0. The van der Waals surface area contributed by atoms with Gasteiger partial charge in [-0.1, -0.05) is 83.0 Å². The lowest BCUT2D eigenvalue weighted by Crippen LogP contribution is -2.45. The highest BCUT2D eigenvalue weighted by Crippen LogP contribution is 2.37. The third kappa shape index (κ3) is 4.32. The van der Waals surface area contributed by atoms with Crippen molar-refractivity contribution in [1.29, 1.82) is 0 Å². The molecule has 1 aliphatic rings. The lowest BCUT2D eigenvalue weighted by molar-refractivity contribution is 0.203. The van der Waals surface area contributed by atoms with Crippen LogP contribution in [0.15, 0.2) is 89.1 Å². The van der Waals surface area contributed by atoms with Gasteiger partial charge in [-0.3, -0.25) is 4.90 Å². The molecule has 0 spiro atoms. The molecule has 0 bridgehead atoms. The maximum absolute atomic E-state index is 13.2. The average Bonchev–Trinajstić information content (AvgIpc) is 3.33. The molecule has 0 radical (unpaired) electrons. The summed E-state index contributed by atoms with van der Waals surface area (Å²) in [7, 11) is 0. The van der Waals surface area contributed by atoms with Crippen molar-refractivity contribution in [3.05, 3.63) is 112 Å². The fourth-order valence-electron chi connectivity index (χ4n) is 4.15. The number of allylic oxidation sites excluding steroid dienone is 1. The lowest BCUT2D eigenvalue weighted by atomic mass is 9.94. The molecule has 1 atom stereocenters. The fraction of sp³-hybridized carbons (Fsp3) is 0.148. The second kappa shape index (κ2) is 9.15. The van der Waals surface area contributed by atoms with Crippen LogP contribution in [0, 0.1) is 6.92 Å². The fourth-order valence-corrected chi connectivity index (χ4v) is 4.28. The molecule has 3 aromatic carbocycles. The van der Waals surface area contributed by atoms with E-state index in [-0.39, 0.29) is 6.03 Å². The Bertz CT molecular complexity index is 1360. The van der Waals surface area contributed by atoms with E-state index >= 15 is 0 Å². The predicted molar refractivity (Wildman–Crippen MR) is 132 cm³/mol. The summed E-state index contributed by atoms with van der Waals surface area (Å²) in [6.07, 6.45) is 0. The van der Waals surface area contributed by atoms with Crippen LogP contribution in [0.4, 0.5) is 4.79 Å². The molecule has 0 aliphatic carbocycles. The van der Waals surface area contributed by atoms with Crippen LogP contribution in [0.3, 0.4) is 0 Å². The Balaban J connectivity index is 1.59. The number of aromatic nitrogens is 2. The molecule has 1 unspecified atom stereocenters. The summed E-state index contributed by atoms with van der Waals surface area (Å²) < 4.78 is 5.76. The highest BCUT2D eigenvalue weighted by Gasteiger charge is 2.35. The monoisotopic (exact) mass is 470 g/mol. The van der Waals surface area contributed by atoms with Crippen LogP contribution >= 0.6 is 11.6 Å². The van der Waals surface area contributed by atoms with Crippen LogP contribution in [-0.4, -0.2) is 21.1 Å². The van der Waals surface area contributed by atoms with E-state index in [1.165, 1.54) is 0 Å². The maximum Gasteiger partial charge on any atom is 0.322 e. The molecule has 0 saturated carbocycles. The SMILES string of the molecule is CC1=C(c2nc(-c3cccc(C)c3)no2)C(c2ccccc2)NC(=O)N1Cc1ccc(Cl)cc1. The zero-order chi connectivity index (χ0) is 23.7. The van der Waals surface area contributed by atoms with E-state index in [9.17, 15) is 4.79 Å². The van der Waals surface area contributed by atoms with Crippen molar-refractivity contribution in [3.8, 4) is 11.4 Å². The quantitative estimate of drug-likeness (QED) is 0.366. The number of urea groups is 1. The van der Waals surface area contributed by atoms with E-state index in [1.807, 2.05) is 92.7 Å². The number of nitrogens with one attached hydrogen (secondary N) is 1. The van der Waals surface area contributed by atoms with Crippen LogP contribution in [-0.2, 0) is 6.54 Å². The molecular formula is C27H23ClN4O2. The average molecular weight is 471 g/mol. The van der Waals surface area contributed by atoms with Crippen LogP contribution in [0.5, 0.6) is 0 Å². The summed E-state index contributed by atoms with van der Waals surface area (Å²) in [4.78, 5) is 19.6. The van der Waals surface area contributed by atoms with Gasteiger partial charge in [0.25, 0.3) is 5.89 Å². The molecule has 34 heavy (non-hydrogen) atoms. The van der Waals surface area contributed by atoms with Gasteiger partial charge >= 0.3 is 6.03 Å². The molecule has 1 N–H and O–H groups in total. The third-order valence-corrected chi connectivity index (χ3v) is 6.17. The van der Waals surface area contributed by atoms with Crippen LogP contribution in [0.2, 0.25) is 5.02 Å². The zero-order valence-electron chi connectivity index (χ0n) is 18.8. The number of halogens is 1. The number of benzene rings is 3. The van der Waals surface area contributed by atoms with Gasteiger partial charge in [0, 0.05) is 16.3 Å². The Hall–Kier alpha value is -3.90. The first kappa shape index (κ1) is 21.9. The Morgan fingerprint density at radius 1 is 1.00 bits per heavy atom. The summed E-state index contributed by atoms with van der Waals surface area (Å²) in [5, 5.41) is 8.02. The van der Waals surface area contributed by atoms with Gasteiger partial charge in [-0.2, -0.15) is 4.98 Å². The molecule has 2 heterocycles. The molecule has 4 aromatic rings. The number of hydrogen-bond acceptors (Lipinski definition) is 4. The second-order valence-electron chi connectivity index (χ2n) is 8.30. The normalized spacial score (nSPS) is 16.0. The van der Waals surface area contributed by atoms with Crippen molar-refractivity contribution in [2.45, 2.75) is 26.4 Å². The highest BCUT2D eigenvalue weighted by molar-refractivity contribution is 6.30. The van der Waals surface area contributed by atoms with Crippen LogP contribution in [0.25, 0.3) is 17.0 Å². The van der Waals surface area contributed by atoms with E-state index in [4.69, 9.17) is 21.1 Å². The Morgan fingerprint density at radius 3 is 2.50 bits per heavy atom. The van der Waals surface area contributed by atoms with E-state index < -0.39 is 6.04 Å². The van der Waals surface area contributed by atoms with Crippen molar-refractivity contribution in [2.24, 2.45) is 0 Å². The van der Waals surface area contributed by atoms with Gasteiger partial charge in [0.2, 0.25) is 5.82 Å². The Labute approximate surface area is 202 Å². The molecule has 1 aliphatic heterocycles. The first-order chi connectivity index (χ1) is 16.5. The Morgan fingerprint density at radius 2 is 1.76 bits per heavy atom. The number of aryl methyl sites for hydroxylation is 1. The summed E-state index contributed by atoms with van der Waals surface area (Å²) in [6.45, 7) is 4.32. The van der Waals surface area contributed by atoms with Crippen molar-refractivity contribution in [2.75, 3.05) is 0 Å². The van der Waals surface area contributed by atoms with Crippen molar-refractivity contribution in [1.82, 2.24) is 20.4 Å². The number of carbonyl (C=O) groups is 1. The number of hydrogen-bond donors (Lipinski definition) is 1. The number of amides is 2. The summed E-state index contributed by atoms with van der Waals surface area (Å²) in [5.74, 6) is 0.885. The minimum absolute atomic E-state index is 0.191. The van der Waals surface area contributed by atoms with Gasteiger partial charge in [0.1, 0.15) is 0 Å². The smallest absolute Gasteiger partial charge is 0.322 e. The molecule has 170 valence electrons. The summed E-state index contributed by atoms with van der Waals surface area (Å²) >= 11 is 6.03. The maximum atomic E-state index is 13.2. The van der Waals surface area contributed by atoms with E-state index in [1.54, 1.807) is 4.90 Å². The molecule has 5 rings (SSSR count). The molecule has 0 fully saturated rings. The number of rotatable bonds is 5. The highest BCUT2D eigenvalue weighted by atomic mass is 35.5.